The minimum absolute atomic E-state index is 0.0454. The highest BCUT2D eigenvalue weighted by Gasteiger charge is 2.24. The number of ether oxygens (including phenoxy) is 1. The maximum atomic E-state index is 12.4. The van der Waals surface area contributed by atoms with Crippen molar-refractivity contribution < 1.29 is 17.9 Å². The van der Waals surface area contributed by atoms with Crippen LogP contribution >= 0.6 is 0 Å². The summed E-state index contributed by atoms with van der Waals surface area (Å²) in [4.78, 5) is 14.2. The fraction of sp³-hybridized carbons (Fsp3) is 0.533. The topological polar surface area (TPSA) is 75.7 Å². The van der Waals surface area contributed by atoms with Gasteiger partial charge in [-0.15, -0.1) is 0 Å². The summed E-state index contributed by atoms with van der Waals surface area (Å²) in [6.45, 7) is 5.42. The Bertz CT molecular complexity index is 613. The largest absolute Gasteiger partial charge is 0.377 e. The van der Waals surface area contributed by atoms with Crippen LogP contribution in [0.4, 0.5) is 5.69 Å². The van der Waals surface area contributed by atoms with Gasteiger partial charge in [0.15, 0.2) is 0 Å². The van der Waals surface area contributed by atoms with Crippen LogP contribution in [0.3, 0.4) is 0 Å². The molecule has 1 unspecified atom stereocenters. The van der Waals surface area contributed by atoms with Gasteiger partial charge in [0.1, 0.15) is 0 Å². The average Bonchev–Trinajstić information content (AvgIpc) is 2.47. The third kappa shape index (κ3) is 4.20. The Morgan fingerprint density at radius 2 is 2.05 bits per heavy atom. The van der Waals surface area contributed by atoms with Crippen molar-refractivity contribution in [3.8, 4) is 0 Å². The molecule has 0 saturated carbocycles. The molecule has 1 amide bonds. The van der Waals surface area contributed by atoms with Crippen molar-refractivity contribution in [1.29, 1.82) is 0 Å². The molecule has 22 heavy (non-hydrogen) atoms. The third-order valence-corrected chi connectivity index (χ3v) is 5.00. The predicted molar refractivity (Wildman–Crippen MR) is 85.5 cm³/mol. The molecule has 1 saturated heterocycles. The van der Waals surface area contributed by atoms with Gasteiger partial charge in [0.05, 0.1) is 25.0 Å². The van der Waals surface area contributed by atoms with Gasteiger partial charge in [-0.1, -0.05) is 6.92 Å². The Labute approximate surface area is 131 Å². The molecular weight excluding hydrogens is 304 g/mol. The Hall–Kier alpha value is -1.60. The van der Waals surface area contributed by atoms with E-state index in [9.17, 15) is 13.2 Å². The lowest BCUT2D eigenvalue weighted by Crippen LogP contribution is -2.47. The first-order chi connectivity index (χ1) is 10.4. The van der Waals surface area contributed by atoms with Gasteiger partial charge in [0.25, 0.3) is 5.91 Å². The van der Waals surface area contributed by atoms with E-state index in [1.165, 1.54) is 0 Å². The van der Waals surface area contributed by atoms with Gasteiger partial charge < -0.3 is 9.64 Å². The molecule has 0 radical (unpaired) electrons. The van der Waals surface area contributed by atoms with Crippen LogP contribution in [0.15, 0.2) is 24.3 Å². The number of hydrogen-bond acceptors (Lipinski definition) is 4. The van der Waals surface area contributed by atoms with E-state index in [1.807, 2.05) is 13.8 Å². The number of sulfonamides is 1. The minimum Gasteiger partial charge on any atom is -0.377 e. The number of anilines is 1. The normalized spacial score (nSPS) is 19.0. The van der Waals surface area contributed by atoms with Crippen molar-refractivity contribution in [1.82, 2.24) is 4.90 Å². The third-order valence-electron chi connectivity index (χ3n) is 3.51. The van der Waals surface area contributed by atoms with Gasteiger partial charge in [-0.2, -0.15) is 0 Å². The zero-order valence-corrected chi connectivity index (χ0v) is 13.7. The van der Waals surface area contributed by atoms with E-state index < -0.39 is 10.0 Å². The van der Waals surface area contributed by atoms with Gasteiger partial charge in [-0.3, -0.25) is 9.52 Å². The summed E-state index contributed by atoms with van der Waals surface area (Å²) in [6.07, 6.45) is 0.556. The fourth-order valence-corrected chi connectivity index (χ4v) is 3.51. The van der Waals surface area contributed by atoms with E-state index in [2.05, 4.69) is 4.72 Å². The molecule has 2 rings (SSSR count). The zero-order valence-electron chi connectivity index (χ0n) is 12.9. The van der Waals surface area contributed by atoms with E-state index in [1.54, 1.807) is 29.2 Å². The summed E-state index contributed by atoms with van der Waals surface area (Å²) in [7, 11) is -3.31. The highest BCUT2D eigenvalue weighted by molar-refractivity contribution is 7.92. The van der Waals surface area contributed by atoms with Gasteiger partial charge in [0.2, 0.25) is 10.0 Å². The van der Waals surface area contributed by atoms with Crippen LogP contribution in [0.25, 0.3) is 0 Å². The van der Waals surface area contributed by atoms with Crippen LogP contribution in [0.2, 0.25) is 0 Å². The van der Waals surface area contributed by atoms with Crippen LogP contribution < -0.4 is 4.72 Å². The van der Waals surface area contributed by atoms with Crippen molar-refractivity contribution in [3.05, 3.63) is 29.8 Å². The predicted octanol–water partition coefficient (Wildman–Crippen LogP) is 1.70. The van der Waals surface area contributed by atoms with E-state index in [0.29, 0.717) is 37.4 Å². The van der Waals surface area contributed by atoms with Crippen molar-refractivity contribution in [2.45, 2.75) is 26.3 Å². The molecule has 0 aromatic heterocycles. The summed E-state index contributed by atoms with van der Waals surface area (Å²) >= 11 is 0. The molecule has 6 nitrogen and oxygen atoms in total. The van der Waals surface area contributed by atoms with Gasteiger partial charge in [0, 0.05) is 17.8 Å². The Morgan fingerprint density at radius 1 is 1.36 bits per heavy atom. The maximum absolute atomic E-state index is 12.4. The second-order valence-electron chi connectivity index (χ2n) is 5.42. The molecule has 1 aliphatic rings. The summed E-state index contributed by atoms with van der Waals surface area (Å²) in [5, 5.41) is 0. The number of amides is 1. The van der Waals surface area contributed by atoms with Gasteiger partial charge >= 0.3 is 0 Å². The molecule has 0 spiro atoms. The summed E-state index contributed by atoms with van der Waals surface area (Å²) < 4.78 is 31.2. The molecule has 1 atom stereocenters. The van der Waals surface area contributed by atoms with Gasteiger partial charge in [-0.25, -0.2) is 8.42 Å². The molecule has 0 bridgehead atoms. The minimum atomic E-state index is -3.31. The maximum Gasteiger partial charge on any atom is 0.254 e. The van der Waals surface area contributed by atoms with E-state index in [0.717, 1.165) is 0 Å². The summed E-state index contributed by atoms with van der Waals surface area (Å²) in [6, 6.07) is 6.57. The highest BCUT2D eigenvalue weighted by atomic mass is 32.2. The number of carbonyl (C=O) groups excluding carboxylic acids is 1. The number of nitrogens with zero attached hydrogens (tertiary/aromatic N) is 1. The quantitative estimate of drug-likeness (QED) is 0.893. The summed E-state index contributed by atoms with van der Waals surface area (Å²) in [5.74, 6) is 0.0256. The lowest BCUT2D eigenvalue weighted by atomic mass is 10.1. The van der Waals surface area contributed by atoms with E-state index in [4.69, 9.17) is 4.74 Å². The molecule has 1 heterocycles. The van der Waals surface area contributed by atoms with Crippen molar-refractivity contribution in [3.63, 3.8) is 0 Å². The van der Waals surface area contributed by atoms with Crippen molar-refractivity contribution >= 4 is 21.6 Å². The van der Waals surface area contributed by atoms with Crippen LogP contribution in [0, 0.1) is 0 Å². The monoisotopic (exact) mass is 326 g/mol. The van der Waals surface area contributed by atoms with Crippen LogP contribution in [0.5, 0.6) is 0 Å². The lowest BCUT2D eigenvalue weighted by molar-refractivity contribution is 0.00359. The molecule has 122 valence electrons. The molecule has 0 aliphatic carbocycles. The van der Waals surface area contributed by atoms with Crippen LogP contribution in [-0.4, -0.2) is 50.8 Å². The Morgan fingerprint density at radius 3 is 2.64 bits per heavy atom. The highest BCUT2D eigenvalue weighted by Crippen LogP contribution is 2.16. The Kier molecular flexibility index (Phi) is 5.42. The number of hydrogen-bond donors (Lipinski definition) is 1. The molecule has 1 fully saturated rings. The van der Waals surface area contributed by atoms with Crippen LogP contribution in [0.1, 0.15) is 30.6 Å². The number of benzene rings is 1. The Balaban J connectivity index is 2.06. The molecule has 7 heteroatoms. The summed E-state index contributed by atoms with van der Waals surface area (Å²) in [5.41, 5.74) is 1.02. The van der Waals surface area contributed by atoms with E-state index >= 15 is 0 Å². The first-order valence-corrected chi connectivity index (χ1v) is 9.07. The van der Waals surface area contributed by atoms with Gasteiger partial charge in [-0.05, 0) is 37.6 Å². The zero-order chi connectivity index (χ0) is 16.2. The number of rotatable bonds is 5. The first-order valence-electron chi connectivity index (χ1n) is 7.42. The first kappa shape index (κ1) is 16.8. The number of nitrogens with one attached hydrogen (secondary N) is 1. The average molecular weight is 326 g/mol. The number of carbonyl (C=O) groups is 1. The standard InChI is InChI=1S/C15H22N2O4S/c1-3-10-22(19,20)16-14-6-4-13(5-7-14)15(18)17-8-9-21-11-12(17)2/h4-7,12,16H,3,8-11H2,1-2H3. The van der Waals surface area contributed by atoms with Crippen LogP contribution in [-0.2, 0) is 14.8 Å². The fourth-order valence-electron chi connectivity index (χ4n) is 2.37. The molecular formula is C15H22N2O4S. The molecule has 1 aromatic carbocycles. The molecule has 1 N–H and O–H groups in total. The SMILES string of the molecule is CCCS(=O)(=O)Nc1ccc(C(=O)N2CCOCC2C)cc1. The molecule has 1 aromatic rings. The smallest absolute Gasteiger partial charge is 0.254 e. The molecule has 1 aliphatic heterocycles. The lowest BCUT2D eigenvalue weighted by Gasteiger charge is -2.33. The van der Waals surface area contributed by atoms with Crippen molar-refractivity contribution in [2.24, 2.45) is 0 Å². The number of morpholine rings is 1. The van der Waals surface area contributed by atoms with Crippen molar-refractivity contribution in [2.75, 3.05) is 30.2 Å². The van der Waals surface area contributed by atoms with E-state index in [-0.39, 0.29) is 17.7 Å². The second-order valence-corrected chi connectivity index (χ2v) is 7.26. The second kappa shape index (κ2) is 7.11.